The minimum atomic E-state index is -0.874. The number of rotatable bonds is 5. The zero-order valence-electron chi connectivity index (χ0n) is 24.8. The fraction of sp³-hybridized carbons (Fsp3) is 0.500. The van der Waals surface area contributed by atoms with Crippen LogP contribution in [0.2, 0.25) is 0 Å². The van der Waals surface area contributed by atoms with Crippen molar-refractivity contribution in [1.29, 1.82) is 0 Å². The number of fused-ring (bicyclic) bond motifs is 7. The standard InChI is InChI=1S/C36H41NO6/c1-34-12-11-24(39)15-23(34)8-9-25-26-16-32-36(31(42)19-38,35(26,2)17-29(41)33(25)34)18-30(43-32)22-6-3-20(4-7-22)13-21-5-10-28(40)27(37)14-21/h3-7,10-12,14-15,25-26,29-30,32-33,38,40-41H,8-9,13,16-19,37H2,1-2H3/t25-,26?,29-,30+,32+,33+,34-,35-,36-/m0/s1. The van der Waals surface area contributed by atoms with Crippen molar-refractivity contribution < 1.29 is 29.6 Å². The first-order valence-electron chi connectivity index (χ1n) is 15.6. The molecule has 7 rings (SSSR count). The van der Waals surface area contributed by atoms with E-state index in [1.807, 2.05) is 12.1 Å². The van der Waals surface area contributed by atoms with Crippen molar-refractivity contribution in [1.82, 2.24) is 0 Å². The molecule has 3 saturated carbocycles. The second-order valence-corrected chi connectivity index (χ2v) is 14.1. The van der Waals surface area contributed by atoms with Gasteiger partial charge in [-0.05, 0) is 96.8 Å². The minimum Gasteiger partial charge on any atom is -0.506 e. The second kappa shape index (κ2) is 9.88. The molecule has 0 bridgehead atoms. The van der Waals surface area contributed by atoms with E-state index in [1.165, 1.54) is 0 Å². The quantitative estimate of drug-likeness (QED) is 0.293. The monoisotopic (exact) mass is 583 g/mol. The van der Waals surface area contributed by atoms with Crippen LogP contribution in [-0.2, 0) is 20.7 Å². The van der Waals surface area contributed by atoms with Crippen molar-refractivity contribution in [2.75, 3.05) is 12.3 Å². The number of allylic oxidation sites excluding steroid dienone is 4. The highest BCUT2D eigenvalue weighted by Gasteiger charge is 2.74. The Balaban J connectivity index is 1.17. The second-order valence-electron chi connectivity index (χ2n) is 14.1. The van der Waals surface area contributed by atoms with Crippen molar-refractivity contribution in [3.63, 3.8) is 0 Å². The molecule has 43 heavy (non-hydrogen) atoms. The van der Waals surface area contributed by atoms with Gasteiger partial charge in [-0.2, -0.15) is 0 Å². The van der Waals surface area contributed by atoms with E-state index in [2.05, 4.69) is 38.1 Å². The summed E-state index contributed by atoms with van der Waals surface area (Å²) in [6.45, 7) is 3.78. The summed E-state index contributed by atoms with van der Waals surface area (Å²) in [5.74, 6) is 0.254. The molecule has 0 aromatic heterocycles. The summed E-state index contributed by atoms with van der Waals surface area (Å²) >= 11 is 0. The van der Waals surface area contributed by atoms with Crippen LogP contribution in [0.1, 0.15) is 68.7 Å². The summed E-state index contributed by atoms with van der Waals surface area (Å²) < 4.78 is 6.77. The average molecular weight is 584 g/mol. The van der Waals surface area contributed by atoms with Gasteiger partial charge >= 0.3 is 0 Å². The molecule has 1 heterocycles. The molecule has 7 nitrogen and oxygen atoms in total. The van der Waals surface area contributed by atoms with Gasteiger partial charge in [0.2, 0.25) is 0 Å². The predicted octanol–water partition coefficient (Wildman–Crippen LogP) is 4.83. The molecule has 4 fully saturated rings. The maximum atomic E-state index is 13.9. The summed E-state index contributed by atoms with van der Waals surface area (Å²) in [4.78, 5) is 26.0. The van der Waals surface area contributed by atoms with Crippen LogP contribution in [0.25, 0.3) is 0 Å². The number of phenolic OH excluding ortho intramolecular Hbond substituents is 1. The van der Waals surface area contributed by atoms with Crippen LogP contribution in [-0.4, -0.2) is 45.7 Å². The normalized spacial score (nSPS) is 39.4. The Morgan fingerprint density at radius 1 is 1.09 bits per heavy atom. The molecule has 5 aliphatic rings. The molecular formula is C36H41NO6. The number of benzene rings is 2. The maximum absolute atomic E-state index is 13.9. The third-order valence-corrected chi connectivity index (χ3v) is 12.3. The number of phenols is 1. The zero-order chi connectivity index (χ0) is 30.3. The molecule has 0 radical (unpaired) electrons. The number of hydrogen-bond donors (Lipinski definition) is 4. The van der Waals surface area contributed by atoms with E-state index in [4.69, 9.17) is 10.5 Å². The Morgan fingerprint density at radius 2 is 1.84 bits per heavy atom. The van der Waals surface area contributed by atoms with E-state index in [1.54, 1.807) is 24.3 Å². The third-order valence-electron chi connectivity index (χ3n) is 12.3. The Labute approximate surface area is 252 Å². The minimum absolute atomic E-state index is 0.0153. The Morgan fingerprint density at radius 3 is 2.56 bits per heavy atom. The topological polar surface area (TPSA) is 130 Å². The van der Waals surface area contributed by atoms with E-state index < -0.39 is 23.5 Å². The smallest absolute Gasteiger partial charge is 0.178 e. The molecule has 4 aliphatic carbocycles. The lowest BCUT2D eigenvalue weighted by molar-refractivity contribution is -0.159. The number of hydrogen-bond acceptors (Lipinski definition) is 7. The van der Waals surface area contributed by atoms with Crippen LogP contribution in [0.5, 0.6) is 5.75 Å². The number of aromatic hydroxyl groups is 1. The van der Waals surface area contributed by atoms with E-state index in [0.717, 1.165) is 41.5 Å². The molecule has 1 saturated heterocycles. The summed E-state index contributed by atoms with van der Waals surface area (Å²) in [5, 5.41) is 31.9. The van der Waals surface area contributed by atoms with Crippen molar-refractivity contribution >= 4 is 17.3 Å². The number of ether oxygens (including phenoxy) is 1. The molecule has 226 valence electrons. The first-order chi connectivity index (χ1) is 20.5. The van der Waals surface area contributed by atoms with Gasteiger partial charge in [0.05, 0.1) is 29.4 Å². The predicted molar refractivity (Wildman–Crippen MR) is 162 cm³/mol. The molecule has 5 N–H and O–H groups in total. The molecular weight excluding hydrogens is 542 g/mol. The van der Waals surface area contributed by atoms with E-state index in [-0.39, 0.29) is 52.7 Å². The summed E-state index contributed by atoms with van der Waals surface area (Å²) in [5.41, 5.74) is 8.67. The fourth-order valence-electron chi connectivity index (χ4n) is 10.2. The fourth-order valence-corrected chi connectivity index (χ4v) is 10.2. The van der Waals surface area contributed by atoms with Gasteiger partial charge in [-0.15, -0.1) is 0 Å². The average Bonchev–Trinajstić information content (AvgIpc) is 3.48. The highest BCUT2D eigenvalue weighted by atomic mass is 16.5. The molecule has 0 spiro atoms. The molecule has 7 heteroatoms. The van der Waals surface area contributed by atoms with Crippen molar-refractivity contribution in [2.24, 2.45) is 34.0 Å². The van der Waals surface area contributed by atoms with Gasteiger partial charge in [0.1, 0.15) is 12.4 Å². The summed E-state index contributed by atoms with van der Waals surface area (Å²) in [6, 6.07) is 13.5. The molecule has 2 aromatic carbocycles. The van der Waals surface area contributed by atoms with E-state index in [0.29, 0.717) is 24.9 Å². The highest BCUT2D eigenvalue weighted by Crippen LogP contribution is 2.73. The molecule has 0 amide bonds. The number of nitrogen functional groups attached to an aromatic ring is 1. The molecule has 2 aromatic rings. The van der Waals surface area contributed by atoms with E-state index >= 15 is 0 Å². The molecule has 1 aliphatic heterocycles. The largest absolute Gasteiger partial charge is 0.506 e. The lowest BCUT2D eigenvalue weighted by Gasteiger charge is -2.60. The number of aliphatic hydroxyl groups excluding tert-OH is 2. The highest BCUT2D eigenvalue weighted by molar-refractivity contribution is 6.01. The number of nitrogens with two attached hydrogens (primary N) is 1. The summed E-state index contributed by atoms with van der Waals surface area (Å²) in [6.07, 6.45) is 8.21. The van der Waals surface area contributed by atoms with Gasteiger partial charge in [0.25, 0.3) is 0 Å². The number of carbonyl (C=O) groups excluding carboxylic acids is 2. The Kier molecular flexibility index (Phi) is 6.55. The number of ketones is 2. The van der Waals surface area contributed by atoms with Gasteiger partial charge in [0.15, 0.2) is 11.6 Å². The lowest BCUT2D eigenvalue weighted by atomic mass is 9.44. The van der Waals surface area contributed by atoms with Crippen LogP contribution in [0.15, 0.2) is 66.3 Å². The first kappa shape index (κ1) is 28.5. The van der Waals surface area contributed by atoms with Gasteiger partial charge in [0, 0.05) is 11.3 Å². The van der Waals surface area contributed by atoms with E-state index in [9.17, 15) is 24.9 Å². The van der Waals surface area contributed by atoms with Gasteiger partial charge < -0.3 is 25.8 Å². The lowest BCUT2D eigenvalue weighted by Crippen LogP contribution is -2.59. The number of Topliss-reactive ketones (excluding diaryl/α,β-unsaturated/α-hetero) is 1. The molecule has 9 atom stereocenters. The Bertz CT molecular complexity index is 1550. The summed E-state index contributed by atoms with van der Waals surface area (Å²) in [7, 11) is 0. The van der Waals surface area contributed by atoms with Crippen LogP contribution in [0, 0.1) is 34.0 Å². The van der Waals surface area contributed by atoms with Crippen LogP contribution in [0.4, 0.5) is 5.69 Å². The Hall–Kier alpha value is -3.26. The van der Waals surface area contributed by atoms with Crippen LogP contribution < -0.4 is 5.73 Å². The number of anilines is 1. The zero-order valence-corrected chi connectivity index (χ0v) is 24.8. The van der Waals surface area contributed by atoms with Crippen molar-refractivity contribution in [3.8, 4) is 5.75 Å². The first-order valence-corrected chi connectivity index (χ1v) is 15.6. The van der Waals surface area contributed by atoms with Crippen LogP contribution in [0.3, 0.4) is 0 Å². The maximum Gasteiger partial charge on any atom is 0.178 e. The molecule has 1 unspecified atom stereocenters. The third kappa shape index (κ3) is 4.04. The van der Waals surface area contributed by atoms with Crippen molar-refractivity contribution in [2.45, 2.75) is 70.7 Å². The van der Waals surface area contributed by atoms with Crippen molar-refractivity contribution in [3.05, 3.63) is 83.0 Å². The van der Waals surface area contributed by atoms with Gasteiger partial charge in [-0.3, -0.25) is 9.59 Å². The van der Waals surface area contributed by atoms with Gasteiger partial charge in [-0.1, -0.05) is 55.8 Å². The van der Waals surface area contributed by atoms with Crippen LogP contribution >= 0.6 is 0 Å². The number of carbonyl (C=O) groups is 2. The van der Waals surface area contributed by atoms with Gasteiger partial charge in [-0.25, -0.2) is 0 Å². The number of aliphatic hydroxyl groups is 2. The SMILES string of the molecule is C[C@]12C=CC(=O)C=C1CC[C@H]1C3C[C@H]4O[C@@H](c5ccc(Cc6ccc(O)c(N)c6)cc5)C[C@@]4(C(=O)CO)[C@@]3(C)C[C@H](O)[C@@H]12.